The number of ether oxygens (including phenoxy) is 1. The molecule has 4 heteroatoms. The summed E-state index contributed by atoms with van der Waals surface area (Å²) in [6, 6.07) is 10.00. The van der Waals surface area contributed by atoms with Crippen LogP contribution in [0.5, 0.6) is 0 Å². The third-order valence-electron chi connectivity index (χ3n) is 3.05. The molecule has 1 aromatic rings. The minimum atomic E-state index is -0.784. The van der Waals surface area contributed by atoms with Crippen molar-refractivity contribution >= 4 is 5.97 Å². The van der Waals surface area contributed by atoms with Crippen molar-refractivity contribution in [3.05, 3.63) is 35.9 Å². The molecule has 0 heterocycles. The molecule has 1 aromatic carbocycles. The predicted molar refractivity (Wildman–Crippen MR) is 74.7 cm³/mol. The molecular formula is C15H23NO3. The van der Waals surface area contributed by atoms with E-state index in [1.54, 1.807) is 0 Å². The molecule has 4 nitrogen and oxygen atoms in total. The Morgan fingerprint density at radius 2 is 2.05 bits per heavy atom. The minimum Gasteiger partial charge on any atom is -0.481 e. The number of carboxylic acid groups (broad SMARTS) is 1. The van der Waals surface area contributed by atoms with Gasteiger partial charge in [-0.25, -0.2) is 0 Å². The lowest BCUT2D eigenvalue weighted by molar-refractivity contribution is -0.138. The number of hydrogen-bond acceptors (Lipinski definition) is 3. The van der Waals surface area contributed by atoms with Crippen molar-refractivity contribution in [3.8, 4) is 0 Å². The molecule has 0 aromatic heterocycles. The maximum absolute atomic E-state index is 10.7. The summed E-state index contributed by atoms with van der Waals surface area (Å²) >= 11 is 0. The highest BCUT2D eigenvalue weighted by Gasteiger charge is 2.15. The summed E-state index contributed by atoms with van der Waals surface area (Å²) < 4.78 is 5.64. The fourth-order valence-corrected chi connectivity index (χ4v) is 2.10. The van der Waals surface area contributed by atoms with Crippen LogP contribution in [0.2, 0.25) is 0 Å². The zero-order valence-corrected chi connectivity index (χ0v) is 11.4. The Balaban J connectivity index is 2.23. The van der Waals surface area contributed by atoms with Gasteiger partial charge in [-0.05, 0) is 30.4 Å². The van der Waals surface area contributed by atoms with Crippen molar-refractivity contribution in [2.75, 3.05) is 13.2 Å². The third-order valence-corrected chi connectivity index (χ3v) is 3.05. The van der Waals surface area contributed by atoms with Gasteiger partial charge in [0, 0.05) is 13.0 Å². The quantitative estimate of drug-likeness (QED) is 0.718. The van der Waals surface area contributed by atoms with Crippen molar-refractivity contribution < 1.29 is 14.6 Å². The fourth-order valence-electron chi connectivity index (χ4n) is 2.10. The molecule has 1 unspecified atom stereocenters. The molecule has 0 saturated carbocycles. The van der Waals surface area contributed by atoms with Gasteiger partial charge in [0.15, 0.2) is 0 Å². The van der Waals surface area contributed by atoms with Crippen LogP contribution < -0.4 is 5.73 Å². The van der Waals surface area contributed by atoms with E-state index in [0.29, 0.717) is 25.7 Å². The van der Waals surface area contributed by atoms with E-state index in [1.807, 2.05) is 30.3 Å². The Hall–Kier alpha value is -1.39. The Labute approximate surface area is 114 Å². The predicted octanol–water partition coefficient (Wildman–Crippen LogP) is 2.28. The number of carbonyl (C=O) groups is 1. The number of hydrogen-bond donors (Lipinski definition) is 2. The van der Waals surface area contributed by atoms with Gasteiger partial charge >= 0.3 is 5.97 Å². The molecule has 0 bridgehead atoms. The third kappa shape index (κ3) is 6.94. The molecule has 19 heavy (non-hydrogen) atoms. The molecule has 3 N–H and O–H groups in total. The first kappa shape index (κ1) is 15.7. The van der Waals surface area contributed by atoms with E-state index in [-0.39, 0.29) is 12.3 Å². The topological polar surface area (TPSA) is 72.5 Å². The lowest BCUT2D eigenvalue weighted by atomic mass is 9.94. The van der Waals surface area contributed by atoms with Gasteiger partial charge in [-0.1, -0.05) is 37.3 Å². The zero-order valence-electron chi connectivity index (χ0n) is 11.4. The zero-order chi connectivity index (χ0) is 14.1. The minimum absolute atomic E-state index is 0.0350. The van der Waals surface area contributed by atoms with Crippen molar-refractivity contribution in [2.24, 2.45) is 17.6 Å². The van der Waals surface area contributed by atoms with Crippen LogP contribution in [0.25, 0.3) is 0 Å². The van der Waals surface area contributed by atoms with Gasteiger partial charge in [-0.3, -0.25) is 4.79 Å². The molecule has 0 amide bonds. The van der Waals surface area contributed by atoms with Gasteiger partial charge in [0.2, 0.25) is 0 Å². The van der Waals surface area contributed by atoms with Crippen LogP contribution in [0, 0.1) is 11.8 Å². The standard InChI is InChI=1S/C15H23NO3/c1-12(7-14(9-16)8-15(17)18)10-19-11-13-5-3-2-4-6-13/h2-6,12,14H,7-11,16H2,1H3,(H,17,18)/t12-,14?/m0/s1. The van der Waals surface area contributed by atoms with Crippen LogP contribution in [-0.2, 0) is 16.1 Å². The molecule has 0 aliphatic carbocycles. The molecule has 1 rings (SSSR count). The van der Waals surface area contributed by atoms with Crippen LogP contribution >= 0.6 is 0 Å². The number of nitrogens with two attached hydrogens (primary N) is 1. The smallest absolute Gasteiger partial charge is 0.303 e. The second kappa shape index (κ2) is 8.67. The Bertz CT molecular complexity index is 367. The fraction of sp³-hybridized carbons (Fsp3) is 0.533. The molecule has 0 aliphatic rings. The average molecular weight is 265 g/mol. The first-order valence-electron chi connectivity index (χ1n) is 6.65. The van der Waals surface area contributed by atoms with Gasteiger partial charge in [0.05, 0.1) is 6.61 Å². The van der Waals surface area contributed by atoms with Gasteiger partial charge in [-0.2, -0.15) is 0 Å². The highest BCUT2D eigenvalue weighted by atomic mass is 16.5. The van der Waals surface area contributed by atoms with E-state index in [1.165, 1.54) is 0 Å². The van der Waals surface area contributed by atoms with Gasteiger partial charge < -0.3 is 15.6 Å². The molecule has 0 spiro atoms. The summed E-state index contributed by atoms with van der Waals surface area (Å²) in [5.41, 5.74) is 6.73. The van der Waals surface area contributed by atoms with Gasteiger partial charge in [-0.15, -0.1) is 0 Å². The van der Waals surface area contributed by atoms with Crippen molar-refractivity contribution in [1.82, 2.24) is 0 Å². The molecule has 0 fully saturated rings. The van der Waals surface area contributed by atoms with Crippen LogP contribution in [-0.4, -0.2) is 24.2 Å². The monoisotopic (exact) mass is 265 g/mol. The van der Waals surface area contributed by atoms with E-state index in [0.717, 1.165) is 12.0 Å². The van der Waals surface area contributed by atoms with E-state index in [9.17, 15) is 4.79 Å². The van der Waals surface area contributed by atoms with Crippen molar-refractivity contribution in [3.63, 3.8) is 0 Å². The summed E-state index contributed by atoms with van der Waals surface area (Å²) in [7, 11) is 0. The largest absolute Gasteiger partial charge is 0.481 e. The Kier molecular flexibility index (Phi) is 7.15. The van der Waals surface area contributed by atoms with Crippen molar-refractivity contribution in [1.29, 1.82) is 0 Å². The van der Waals surface area contributed by atoms with Crippen LogP contribution in [0.1, 0.15) is 25.3 Å². The Morgan fingerprint density at radius 1 is 1.37 bits per heavy atom. The van der Waals surface area contributed by atoms with Crippen molar-refractivity contribution in [2.45, 2.75) is 26.4 Å². The Morgan fingerprint density at radius 3 is 2.63 bits per heavy atom. The molecule has 106 valence electrons. The van der Waals surface area contributed by atoms with E-state index < -0.39 is 5.97 Å². The number of benzene rings is 1. The average Bonchev–Trinajstić information content (AvgIpc) is 2.38. The summed E-state index contributed by atoms with van der Waals surface area (Å²) in [5.74, 6) is -0.433. The molecule has 0 radical (unpaired) electrons. The highest BCUT2D eigenvalue weighted by molar-refractivity contribution is 5.67. The number of aliphatic carboxylic acids is 1. The normalized spacial score (nSPS) is 14.0. The maximum atomic E-state index is 10.7. The van der Waals surface area contributed by atoms with Gasteiger partial charge in [0.1, 0.15) is 0 Å². The SMILES string of the molecule is C[C@H](COCc1ccccc1)CC(CN)CC(=O)O. The maximum Gasteiger partial charge on any atom is 0.303 e. The molecular weight excluding hydrogens is 242 g/mol. The number of carboxylic acids is 1. The summed E-state index contributed by atoms with van der Waals surface area (Å²) in [6.45, 7) is 3.70. The lowest BCUT2D eigenvalue weighted by Gasteiger charge is -2.18. The molecule has 0 saturated heterocycles. The van der Waals surface area contributed by atoms with E-state index in [4.69, 9.17) is 15.6 Å². The van der Waals surface area contributed by atoms with E-state index >= 15 is 0 Å². The highest BCUT2D eigenvalue weighted by Crippen LogP contribution is 2.15. The van der Waals surface area contributed by atoms with Gasteiger partial charge in [0.25, 0.3) is 0 Å². The second-order valence-corrected chi connectivity index (χ2v) is 5.04. The second-order valence-electron chi connectivity index (χ2n) is 5.04. The summed E-state index contributed by atoms with van der Waals surface area (Å²) in [4.78, 5) is 10.7. The first-order chi connectivity index (χ1) is 9.11. The van der Waals surface area contributed by atoms with Crippen LogP contribution in [0.3, 0.4) is 0 Å². The number of rotatable bonds is 9. The van der Waals surface area contributed by atoms with Crippen LogP contribution in [0.4, 0.5) is 0 Å². The summed E-state index contributed by atoms with van der Waals surface area (Å²) in [6.07, 6.45) is 0.928. The van der Waals surface area contributed by atoms with Crippen LogP contribution in [0.15, 0.2) is 30.3 Å². The first-order valence-corrected chi connectivity index (χ1v) is 6.65. The lowest BCUT2D eigenvalue weighted by Crippen LogP contribution is -2.22. The molecule has 2 atom stereocenters. The van der Waals surface area contributed by atoms with E-state index in [2.05, 4.69) is 6.92 Å². The summed E-state index contributed by atoms with van der Waals surface area (Å²) in [5, 5.41) is 8.77. The molecule has 0 aliphatic heterocycles.